The summed E-state index contributed by atoms with van der Waals surface area (Å²) in [5.41, 5.74) is 3.85. The van der Waals surface area contributed by atoms with Gasteiger partial charge in [0.25, 0.3) is 0 Å². The average Bonchev–Trinajstić information content (AvgIpc) is 2.45. The van der Waals surface area contributed by atoms with Crippen LogP contribution >= 0.6 is 34.8 Å². The van der Waals surface area contributed by atoms with E-state index in [2.05, 4.69) is 16.9 Å². The van der Waals surface area contributed by atoms with E-state index in [1.54, 1.807) is 12.1 Å². The normalized spacial score (nSPS) is 11.1. The van der Waals surface area contributed by atoms with Gasteiger partial charge in [-0.15, -0.1) is 0 Å². The molecule has 5 heteroatoms. The lowest BCUT2D eigenvalue weighted by Gasteiger charge is -2.08. The minimum Gasteiger partial charge on any atom is -0.226 e. The molecule has 0 N–H and O–H groups in total. The fourth-order valence-electron chi connectivity index (χ4n) is 2.14. The zero-order valence-electron chi connectivity index (χ0n) is 11.4. The number of halogens is 3. The monoisotopic (exact) mass is 336 g/mol. The highest BCUT2D eigenvalue weighted by Gasteiger charge is 2.13. The van der Waals surface area contributed by atoms with Crippen molar-refractivity contribution < 1.29 is 0 Å². The van der Waals surface area contributed by atoms with Crippen molar-refractivity contribution in [3.8, 4) is 11.4 Å². The van der Waals surface area contributed by atoms with Crippen molar-refractivity contribution >= 4 is 45.7 Å². The molecule has 3 rings (SSSR count). The van der Waals surface area contributed by atoms with Gasteiger partial charge in [0.05, 0.1) is 20.9 Å². The Hall–Kier alpha value is -1.35. The predicted molar refractivity (Wildman–Crippen MR) is 89.5 cm³/mol. The molecule has 0 fully saturated rings. The van der Waals surface area contributed by atoms with Crippen molar-refractivity contribution in [2.75, 3.05) is 0 Å². The molecule has 0 spiro atoms. The first-order valence-electron chi connectivity index (χ1n) is 6.36. The summed E-state index contributed by atoms with van der Waals surface area (Å²) in [7, 11) is 0. The number of aryl methyl sites for hydroxylation is 2. The lowest BCUT2D eigenvalue weighted by atomic mass is 10.1. The maximum atomic E-state index is 6.27. The lowest BCUT2D eigenvalue weighted by molar-refractivity contribution is 1.22. The van der Waals surface area contributed by atoms with Crippen molar-refractivity contribution in [3.05, 3.63) is 56.7 Å². The molecule has 0 saturated carbocycles. The fraction of sp³-hybridized carbons (Fsp3) is 0.125. The van der Waals surface area contributed by atoms with Crippen LogP contribution in [0.15, 0.2) is 30.3 Å². The van der Waals surface area contributed by atoms with Crippen LogP contribution in [-0.4, -0.2) is 9.97 Å². The summed E-state index contributed by atoms with van der Waals surface area (Å²) in [5.74, 6) is 0.541. The van der Waals surface area contributed by atoms with E-state index < -0.39 is 0 Å². The summed E-state index contributed by atoms with van der Waals surface area (Å²) < 4.78 is 0. The lowest BCUT2D eigenvalue weighted by Crippen LogP contribution is -1.94. The third-order valence-electron chi connectivity index (χ3n) is 3.47. The van der Waals surface area contributed by atoms with Crippen molar-refractivity contribution in [1.29, 1.82) is 0 Å². The number of aromatic nitrogens is 2. The van der Waals surface area contributed by atoms with E-state index in [-0.39, 0.29) is 0 Å². The summed E-state index contributed by atoms with van der Waals surface area (Å²) in [6, 6.07) is 9.44. The average molecular weight is 338 g/mol. The molecule has 0 aliphatic carbocycles. The quantitative estimate of drug-likeness (QED) is 0.519. The number of rotatable bonds is 1. The van der Waals surface area contributed by atoms with E-state index in [4.69, 9.17) is 34.8 Å². The second-order valence-electron chi connectivity index (χ2n) is 4.89. The Morgan fingerprint density at radius 1 is 0.810 bits per heavy atom. The fourth-order valence-corrected chi connectivity index (χ4v) is 2.90. The Kier molecular flexibility index (Phi) is 3.78. The summed E-state index contributed by atoms with van der Waals surface area (Å²) in [6.45, 7) is 4.11. The molecule has 0 amide bonds. The maximum absolute atomic E-state index is 6.27. The first-order chi connectivity index (χ1) is 9.97. The van der Waals surface area contributed by atoms with Crippen LogP contribution in [0, 0.1) is 13.8 Å². The van der Waals surface area contributed by atoms with Gasteiger partial charge in [0.15, 0.2) is 5.82 Å². The molecule has 0 radical (unpaired) electrons. The summed E-state index contributed by atoms with van der Waals surface area (Å²) >= 11 is 18.6. The van der Waals surface area contributed by atoms with Gasteiger partial charge in [-0.2, -0.15) is 0 Å². The molecule has 0 aliphatic rings. The Balaban J connectivity index is 2.30. The first kappa shape index (κ1) is 14.6. The van der Waals surface area contributed by atoms with Crippen molar-refractivity contribution in [1.82, 2.24) is 9.97 Å². The minimum atomic E-state index is 0.306. The van der Waals surface area contributed by atoms with Crippen LogP contribution in [0.2, 0.25) is 15.2 Å². The van der Waals surface area contributed by atoms with E-state index in [1.165, 1.54) is 11.1 Å². The molecule has 21 heavy (non-hydrogen) atoms. The molecule has 0 aliphatic heterocycles. The number of hydrogen-bond donors (Lipinski definition) is 0. The SMILES string of the molecule is Cc1ccc(-c2nc(Cl)c3c(Cl)ccc(Cl)c3n2)cc1C. The van der Waals surface area contributed by atoms with Crippen LogP contribution in [0.4, 0.5) is 0 Å². The van der Waals surface area contributed by atoms with Gasteiger partial charge in [-0.05, 0) is 43.2 Å². The highest BCUT2D eigenvalue weighted by Crippen LogP contribution is 2.34. The Morgan fingerprint density at radius 3 is 2.24 bits per heavy atom. The third-order valence-corrected chi connectivity index (χ3v) is 4.36. The number of hydrogen-bond acceptors (Lipinski definition) is 2. The van der Waals surface area contributed by atoms with Gasteiger partial charge >= 0.3 is 0 Å². The maximum Gasteiger partial charge on any atom is 0.161 e. The highest BCUT2D eigenvalue weighted by atomic mass is 35.5. The van der Waals surface area contributed by atoms with Gasteiger partial charge in [0.1, 0.15) is 5.15 Å². The zero-order valence-corrected chi connectivity index (χ0v) is 13.7. The van der Waals surface area contributed by atoms with Crippen molar-refractivity contribution in [3.63, 3.8) is 0 Å². The minimum absolute atomic E-state index is 0.306. The molecule has 0 unspecified atom stereocenters. The van der Waals surface area contributed by atoms with Crippen LogP contribution in [0.5, 0.6) is 0 Å². The molecule has 3 aromatic rings. The summed E-state index contributed by atoms with van der Waals surface area (Å²) in [4.78, 5) is 8.88. The Morgan fingerprint density at radius 2 is 1.52 bits per heavy atom. The molecule has 0 atom stereocenters. The van der Waals surface area contributed by atoms with E-state index in [1.807, 2.05) is 25.1 Å². The molecular weight excluding hydrogens is 327 g/mol. The second-order valence-corrected chi connectivity index (χ2v) is 6.06. The van der Waals surface area contributed by atoms with Crippen LogP contribution in [0.1, 0.15) is 11.1 Å². The standard InChI is InChI=1S/C16H11Cl3N2/c1-8-3-4-10(7-9(8)2)16-20-14-12(18)6-5-11(17)13(14)15(19)21-16/h3-7H,1-2H3. The molecule has 2 nitrogen and oxygen atoms in total. The largest absolute Gasteiger partial charge is 0.226 e. The number of fused-ring (bicyclic) bond motifs is 1. The van der Waals surface area contributed by atoms with Crippen LogP contribution < -0.4 is 0 Å². The van der Waals surface area contributed by atoms with Gasteiger partial charge in [0, 0.05) is 5.56 Å². The van der Waals surface area contributed by atoms with Crippen LogP contribution in [-0.2, 0) is 0 Å². The summed E-state index contributed by atoms with van der Waals surface area (Å²) in [5, 5.41) is 1.88. The molecule has 106 valence electrons. The van der Waals surface area contributed by atoms with Crippen molar-refractivity contribution in [2.45, 2.75) is 13.8 Å². The van der Waals surface area contributed by atoms with Gasteiger partial charge in [-0.3, -0.25) is 0 Å². The van der Waals surface area contributed by atoms with E-state index in [0.717, 1.165) is 5.56 Å². The molecule has 0 bridgehead atoms. The first-order valence-corrected chi connectivity index (χ1v) is 7.49. The highest BCUT2D eigenvalue weighted by molar-refractivity contribution is 6.44. The molecular formula is C16H11Cl3N2. The van der Waals surface area contributed by atoms with Crippen LogP contribution in [0.3, 0.4) is 0 Å². The van der Waals surface area contributed by atoms with Gasteiger partial charge in [0.2, 0.25) is 0 Å². The smallest absolute Gasteiger partial charge is 0.161 e. The van der Waals surface area contributed by atoms with Crippen molar-refractivity contribution in [2.24, 2.45) is 0 Å². The second kappa shape index (κ2) is 5.45. The summed E-state index contributed by atoms with van der Waals surface area (Å²) in [6.07, 6.45) is 0. The Labute approximate surface area is 137 Å². The van der Waals surface area contributed by atoms with Crippen LogP contribution in [0.25, 0.3) is 22.3 Å². The van der Waals surface area contributed by atoms with E-state index >= 15 is 0 Å². The number of nitrogens with zero attached hydrogens (tertiary/aromatic N) is 2. The van der Waals surface area contributed by atoms with E-state index in [0.29, 0.717) is 31.9 Å². The zero-order chi connectivity index (χ0) is 15.1. The Bertz CT molecular complexity index is 860. The van der Waals surface area contributed by atoms with Gasteiger partial charge in [-0.1, -0.05) is 46.9 Å². The number of benzene rings is 2. The molecule has 0 saturated heterocycles. The van der Waals surface area contributed by atoms with Gasteiger partial charge in [-0.25, -0.2) is 9.97 Å². The molecule has 1 heterocycles. The topological polar surface area (TPSA) is 25.8 Å². The molecule has 1 aromatic heterocycles. The third kappa shape index (κ3) is 2.59. The predicted octanol–water partition coefficient (Wildman–Crippen LogP) is 5.87. The van der Waals surface area contributed by atoms with Gasteiger partial charge < -0.3 is 0 Å². The van der Waals surface area contributed by atoms with E-state index in [9.17, 15) is 0 Å². The molecule has 2 aromatic carbocycles.